The molecule has 0 saturated heterocycles. The Kier molecular flexibility index (Phi) is 5.74. The predicted octanol–water partition coefficient (Wildman–Crippen LogP) is 2.49. The number of allylic oxidation sites excluding steroid dienone is 3. The van der Waals surface area contributed by atoms with E-state index in [2.05, 4.69) is 25.7 Å². The molecule has 0 amide bonds. The molecule has 1 nitrogen and oxygen atoms in total. The largest absolute Gasteiger partial charge is 0.298 e. The Morgan fingerprint density at radius 3 is 2.70 bits per heavy atom. The van der Waals surface area contributed by atoms with Gasteiger partial charge in [0.25, 0.3) is 0 Å². The molecule has 0 aliphatic rings. The van der Waals surface area contributed by atoms with Crippen LogP contribution in [0.1, 0.15) is 26.2 Å². The normalized spacial score (nSPS) is 10.1. The van der Waals surface area contributed by atoms with Gasteiger partial charge in [-0.3, -0.25) is 4.79 Å². The highest BCUT2D eigenvalue weighted by Gasteiger charge is 1.86. The summed E-state index contributed by atoms with van der Waals surface area (Å²) in [7, 11) is 0. The van der Waals surface area contributed by atoms with Gasteiger partial charge >= 0.3 is 0 Å². The Bertz CT molecular complexity index is 134. The fraction of sp³-hybridized carbons (Fsp3) is 0.444. The second-order valence-corrected chi connectivity index (χ2v) is 2.19. The smallest absolute Gasteiger partial charge is 0.145 e. The Labute approximate surface area is 62.4 Å². The summed E-state index contributed by atoms with van der Waals surface area (Å²) in [6, 6.07) is 0. The second kappa shape index (κ2) is 6.27. The van der Waals surface area contributed by atoms with Crippen molar-refractivity contribution in [2.45, 2.75) is 26.2 Å². The SMILES string of the molecule is C=C(C=O)CC/C=C/CC. The van der Waals surface area contributed by atoms with E-state index in [1.165, 1.54) is 0 Å². The first kappa shape index (κ1) is 9.15. The first-order valence-electron chi connectivity index (χ1n) is 3.59. The Morgan fingerprint density at radius 1 is 1.50 bits per heavy atom. The molecule has 0 aromatic heterocycles. The van der Waals surface area contributed by atoms with Crippen LogP contribution in [0, 0.1) is 0 Å². The van der Waals surface area contributed by atoms with Gasteiger partial charge in [-0.15, -0.1) is 0 Å². The number of carbonyl (C=O) groups is 1. The third-order valence-corrected chi connectivity index (χ3v) is 1.20. The van der Waals surface area contributed by atoms with Crippen LogP contribution in [0.5, 0.6) is 0 Å². The van der Waals surface area contributed by atoms with Gasteiger partial charge in [0.1, 0.15) is 6.29 Å². The Morgan fingerprint density at radius 2 is 2.20 bits per heavy atom. The van der Waals surface area contributed by atoms with Crippen LogP contribution < -0.4 is 0 Å². The summed E-state index contributed by atoms with van der Waals surface area (Å²) in [6.45, 7) is 5.66. The molecular formula is C9H14O. The van der Waals surface area contributed by atoms with E-state index in [1.807, 2.05) is 0 Å². The molecule has 0 radical (unpaired) electrons. The first-order valence-corrected chi connectivity index (χ1v) is 3.59. The molecule has 10 heavy (non-hydrogen) atoms. The quantitative estimate of drug-likeness (QED) is 0.324. The van der Waals surface area contributed by atoms with Gasteiger partial charge < -0.3 is 0 Å². The standard InChI is InChI=1S/C9H14O/c1-3-4-5-6-7-9(2)8-10/h4-5,8H,2-3,6-7H2,1H3/b5-4+. The zero-order valence-corrected chi connectivity index (χ0v) is 6.47. The van der Waals surface area contributed by atoms with Crippen molar-refractivity contribution in [1.29, 1.82) is 0 Å². The van der Waals surface area contributed by atoms with Crippen LogP contribution in [0.25, 0.3) is 0 Å². The zero-order valence-electron chi connectivity index (χ0n) is 6.47. The Hall–Kier alpha value is -0.850. The van der Waals surface area contributed by atoms with E-state index in [4.69, 9.17) is 0 Å². The van der Waals surface area contributed by atoms with E-state index in [0.29, 0.717) is 5.57 Å². The van der Waals surface area contributed by atoms with Crippen molar-refractivity contribution >= 4 is 6.29 Å². The molecule has 0 bridgehead atoms. The van der Waals surface area contributed by atoms with Gasteiger partial charge in [0.15, 0.2) is 0 Å². The van der Waals surface area contributed by atoms with Gasteiger partial charge in [0.05, 0.1) is 0 Å². The molecule has 56 valence electrons. The fourth-order valence-corrected chi connectivity index (χ4v) is 0.612. The van der Waals surface area contributed by atoms with Gasteiger partial charge in [-0.1, -0.05) is 25.7 Å². The molecule has 0 aromatic rings. The minimum absolute atomic E-state index is 0.681. The molecule has 0 heterocycles. The maximum Gasteiger partial charge on any atom is 0.145 e. The molecule has 0 atom stereocenters. The van der Waals surface area contributed by atoms with Gasteiger partial charge in [-0.2, -0.15) is 0 Å². The van der Waals surface area contributed by atoms with Gasteiger partial charge in [0, 0.05) is 0 Å². The molecule has 0 unspecified atom stereocenters. The molecule has 0 fully saturated rings. The molecule has 0 aliphatic carbocycles. The van der Waals surface area contributed by atoms with Crippen LogP contribution in [0.15, 0.2) is 24.3 Å². The van der Waals surface area contributed by atoms with E-state index in [0.717, 1.165) is 25.5 Å². The summed E-state index contributed by atoms with van der Waals surface area (Å²) < 4.78 is 0. The summed E-state index contributed by atoms with van der Waals surface area (Å²) in [5, 5.41) is 0. The predicted molar refractivity (Wildman–Crippen MR) is 43.9 cm³/mol. The number of aldehydes is 1. The molecule has 0 spiro atoms. The average molecular weight is 138 g/mol. The third kappa shape index (κ3) is 5.29. The summed E-state index contributed by atoms with van der Waals surface area (Å²) >= 11 is 0. The second-order valence-electron chi connectivity index (χ2n) is 2.19. The summed E-state index contributed by atoms with van der Waals surface area (Å²) in [5.74, 6) is 0. The van der Waals surface area contributed by atoms with Crippen molar-refractivity contribution in [3.8, 4) is 0 Å². The van der Waals surface area contributed by atoms with Gasteiger partial charge in [-0.05, 0) is 24.8 Å². The highest BCUT2D eigenvalue weighted by Crippen LogP contribution is 1.99. The van der Waals surface area contributed by atoms with Gasteiger partial charge in [0.2, 0.25) is 0 Å². The van der Waals surface area contributed by atoms with Crippen molar-refractivity contribution in [2.75, 3.05) is 0 Å². The topological polar surface area (TPSA) is 17.1 Å². The molecule has 1 heteroatoms. The van der Waals surface area contributed by atoms with Crippen molar-refractivity contribution in [3.63, 3.8) is 0 Å². The molecule has 0 N–H and O–H groups in total. The van der Waals surface area contributed by atoms with E-state index in [-0.39, 0.29) is 0 Å². The van der Waals surface area contributed by atoms with Crippen molar-refractivity contribution in [3.05, 3.63) is 24.3 Å². The highest BCUT2D eigenvalue weighted by molar-refractivity contribution is 5.71. The molecule has 0 aliphatic heterocycles. The van der Waals surface area contributed by atoms with Gasteiger partial charge in [-0.25, -0.2) is 0 Å². The number of rotatable bonds is 5. The lowest BCUT2D eigenvalue weighted by Gasteiger charge is -1.89. The van der Waals surface area contributed by atoms with Crippen LogP contribution in [0.4, 0.5) is 0 Å². The van der Waals surface area contributed by atoms with Crippen LogP contribution in [0.2, 0.25) is 0 Å². The molecule has 0 aromatic carbocycles. The third-order valence-electron chi connectivity index (χ3n) is 1.20. The van der Waals surface area contributed by atoms with Crippen LogP contribution in [-0.4, -0.2) is 6.29 Å². The summed E-state index contributed by atoms with van der Waals surface area (Å²) in [5.41, 5.74) is 0.681. The van der Waals surface area contributed by atoms with E-state index >= 15 is 0 Å². The monoisotopic (exact) mass is 138 g/mol. The van der Waals surface area contributed by atoms with E-state index in [1.54, 1.807) is 0 Å². The summed E-state index contributed by atoms with van der Waals surface area (Å²) in [4.78, 5) is 10.0. The average Bonchev–Trinajstić information content (AvgIpc) is 1.98. The maximum absolute atomic E-state index is 10.0. The maximum atomic E-state index is 10.0. The van der Waals surface area contributed by atoms with Crippen LogP contribution in [-0.2, 0) is 4.79 Å². The number of hydrogen-bond donors (Lipinski definition) is 0. The fourth-order valence-electron chi connectivity index (χ4n) is 0.612. The first-order chi connectivity index (χ1) is 4.81. The van der Waals surface area contributed by atoms with Crippen molar-refractivity contribution < 1.29 is 4.79 Å². The van der Waals surface area contributed by atoms with Crippen molar-refractivity contribution in [2.24, 2.45) is 0 Å². The van der Waals surface area contributed by atoms with Crippen molar-refractivity contribution in [1.82, 2.24) is 0 Å². The zero-order chi connectivity index (χ0) is 7.82. The highest BCUT2D eigenvalue weighted by atomic mass is 16.1. The summed E-state index contributed by atoms with van der Waals surface area (Å²) in [6.07, 6.45) is 7.78. The minimum Gasteiger partial charge on any atom is -0.298 e. The minimum atomic E-state index is 0.681. The Balaban J connectivity index is 3.27. The van der Waals surface area contributed by atoms with E-state index < -0.39 is 0 Å². The lowest BCUT2D eigenvalue weighted by atomic mass is 10.2. The molecule has 0 rings (SSSR count). The molecular weight excluding hydrogens is 124 g/mol. The number of hydrogen-bond acceptors (Lipinski definition) is 1. The van der Waals surface area contributed by atoms with E-state index in [9.17, 15) is 4.79 Å². The number of carbonyl (C=O) groups excluding carboxylic acids is 1. The van der Waals surface area contributed by atoms with Crippen LogP contribution in [0.3, 0.4) is 0 Å². The lowest BCUT2D eigenvalue weighted by molar-refractivity contribution is -0.105. The lowest BCUT2D eigenvalue weighted by Crippen LogP contribution is -1.79. The molecule has 0 saturated carbocycles. The van der Waals surface area contributed by atoms with Crippen LogP contribution >= 0.6 is 0 Å².